The number of nitrogen functional groups attached to an aromatic ring is 1. The molecule has 0 spiro atoms. The van der Waals surface area contributed by atoms with Crippen molar-refractivity contribution in [3.05, 3.63) is 29.3 Å². The van der Waals surface area contributed by atoms with Crippen LogP contribution in [-0.2, 0) is 4.79 Å². The molecule has 1 saturated carbocycles. The third kappa shape index (κ3) is 3.34. The Hall–Kier alpha value is -1.65. The summed E-state index contributed by atoms with van der Waals surface area (Å²) in [5.41, 5.74) is 5.45. The average Bonchev–Trinajstić information content (AvgIpc) is 2.44. The van der Waals surface area contributed by atoms with Crippen LogP contribution in [0.4, 0.5) is 14.5 Å². The van der Waals surface area contributed by atoms with Gasteiger partial charge in [-0.15, -0.1) is 0 Å². The highest BCUT2D eigenvalue weighted by atomic mass is 19.1. The summed E-state index contributed by atoms with van der Waals surface area (Å²) >= 11 is 0. The van der Waals surface area contributed by atoms with E-state index in [2.05, 4.69) is 0 Å². The molecule has 0 saturated heterocycles. The minimum absolute atomic E-state index is 0.0538. The summed E-state index contributed by atoms with van der Waals surface area (Å²) in [7, 11) is 0. The van der Waals surface area contributed by atoms with E-state index in [0.717, 1.165) is 38.2 Å². The molecule has 21 heavy (non-hydrogen) atoms. The van der Waals surface area contributed by atoms with Gasteiger partial charge in [0.15, 0.2) is 0 Å². The van der Waals surface area contributed by atoms with Crippen molar-refractivity contribution in [1.82, 2.24) is 0 Å². The van der Waals surface area contributed by atoms with E-state index in [4.69, 9.17) is 5.73 Å². The Morgan fingerprint density at radius 2 is 1.90 bits per heavy atom. The van der Waals surface area contributed by atoms with Crippen molar-refractivity contribution in [2.45, 2.75) is 44.9 Å². The summed E-state index contributed by atoms with van der Waals surface area (Å²) in [6.07, 6.45) is 5.24. The molecule has 0 amide bonds. The van der Waals surface area contributed by atoms with E-state index in [-0.39, 0.29) is 23.1 Å². The monoisotopic (exact) mass is 297 g/mol. The van der Waals surface area contributed by atoms with Crippen LogP contribution in [0.2, 0.25) is 0 Å². The van der Waals surface area contributed by atoms with Crippen LogP contribution in [-0.4, -0.2) is 11.1 Å². The van der Waals surface area contributed by atoms with E-state index in [0.29, 0.717) is 6.07 Å². The van der Waals surface area contributed by atoms with E-state index in [1.807, 2.05) is 6.92 Å². The molecule has 3 nitrogen and oxygen atoms in total. The second-order valence-electron chi connectivity index (χ2n) is 5.96. The lowest BCUT2D eigenvalue weighted by molar-refractivity contribution is -0.140. The van der Waals surface area contributed by atoms with Gasteiger partial charge in [-0.2, -0.15) is 0 Å². The maximum atomic E-state index is 13.6. The fourth-order valence-electron chi connectivity index (χ4n) is 3.44. The van der Waals surface area contributed by atoms with Crippen molar-refractivity contribution in [3.63, 3.8) is 0 Å². The molecule has 1 aromatic rings. The number of carboxylic acids is 1. The fourth-order valence-corrected chi connectivity index (χ4v) is 3.44. The first-order valence-electron chi connectivity index (χ1n) is 7.39. The van der Waals surface area contributed by atoms with Crippen LogP contribution in [0.25, 0.3) is 0 Å². The van der Waals surface area contributed by atoms with Gasteiger partial charge in [0, 0.05) is 6.07 Å². The molecule has 0 aliphatic heterocycles. The highest BCUT2D eigenvalue weighted by Gasteiger charge is 2.34. The molecule has 2 atom stereocenters. The quantitative estimate of drug-likeness (QED) is 0.828. The van der Waals surface area contributed by atoms with Gasteiger partial charge in [0.25, 0.3) is 0 Å². The summed E-state index contributed by atoms with van der Waals surface area (Å²) in [4.78, 5) is 11.7. The molecule has 3 N–H and O–H groups in total. The molecule has 0 aromatic heterocycles. The average molecular weight is 297 g/mol. The Bertz CT molecular complexity index is 527. The van der Waals surface area contributed by atoms with Gasteiger partial charge in [-0.25, -0.2) is 8.78 Å². The summed E-state index contributed by atoms with van der Waals surface area (Å²) in [5, 5.41) is 9.53. The van der Waals surface area contributed by atoms with Gasteiger partial charge >= 0.3 is 5.97 Å². The molecule has 1 fully saturated rings. The standard InChI is InChI=1S/C16H21F2NO2/c1-9(10-5-3-2-4-6-10)14(16(20)21)12-7-11(17)8-13(18)15(12)19/h7-10,14H,2-6,19H2,1H3,(H,20,21). The molecular weight excluding hydrogens is 276 g/mol. The highest BCUT2D eigenvalue weighted by molar-refractivity contribution is 5.79. The molecule has 2 unspecified atom stereocenters. The number of hydrogen-bond acceptors (Lipinski definition) is 2. The smallest absolute Gasteiger partial charge is 0.311 e. The zero-order chi connectivity index (χ0) is 15.6. The molecule has 0 heterocycles. The van der Waals surface area contributed by atoms with E-state index in [1.165, 1.54) is 0 Å². The number of carbonyl (C=O) groups is 1. The summed E-state index contributed by atoms with van der Waals surface area (Å²) in [6.45, 7) is 1.84. The van der Waals surface area contributed by atoms with Crippen molar-refractivity contribution in [1.29, 1.82) is 0 Å². The van der Waals surface area contributed by atoms with E-state index < -0.39 is 23.5 Å². The third-order valence-corrected chi connectivity index (χ3v) is 4.65. The molecule has 1 aliphatic rings. The molecule has 1 aromatic carbocycles. The lowest BCUT2D eigenvalue weighted by Gasteiger charge is -2.32. The highest BCUT2D eigenvalue weighted by Crippen LogP contribution is 2.40. The first-order valence-corrected chi connectivity index (χ1v) is 7.39. The predicted molar refractivity (Wildman–Crippen MR) is 76.9 cm³/mol. The molecule has 2 rings (SSSR count). The zero-order valence-corrected chi connectivity index (χ0v) is 12.1. The van der Waals surface area contributed by atoms with Gasteiger partial charge < -0.3 is 10.8 Å². The second-order valence-corrected chi connectivity index (χ2v) is 5.96. The maximum absolute atomic E-state index is 13.6. The number of rotatable bonds is 4. The van der Waals surface area contributed by atoms with Gasteiger partial charge in [0.2, 0.25) is 0 Å². The van der Waals surface area contributed by atoms with E-state index in [9.17, 15) is 18.7 Å². The Balaban J connectivity index is 2.37. The van der Waals surface area contributed by atoms with Crippen LogP contribution in [0.1, 0.15) is 50.5 Å². The Labute approximate surface area is 123 Å². The lowest BCUT2D eigenvalue weighted by atomic mass is 9.72. The number of carboxylic acid groups (broad SMARTS) is 1. The normalized spacial score (nSPS) is 19.2. The number of halogens is 2. The van der Waals surface area contributed by atoms with E-state index in [1.54, 1.807) is 0 Å². The Morgan fingerprint density at radius 3 is 2.48 bits per heavy atom. The number of nitrogens with two attached hydrogens (primary N) is 1. The second kappa shape index (κ2) is 6.41. The zero-order valence-electron chi connectivity index (χ0n) is 12.1. The number of benzene rings is 1. The maximum Gasteiger partial charge on any atom is 0.311 e. The van der Waals surface area contributed by atoms with Crippen molar-refractivity contribution in [3.8, 4) is 0 Å². The summed E-state index contributed by atoms with van der Waals surface area (Å²) in [6, 6.07) is 1.74. The Kier molecular flexibility index (Phi) is 4.80. The lowest BCUT2D eigenvalue weighted by Crippen LogP contribution is -2.28. The first kappa shape index (κ1) is 15.7. The summed E-state index contributed by atoms with van der Waals surface area (Å²) in [5.74, 6) is -3.69. The van der Waals surface area contributed by atoms with Crippen LogP contribution in [0.3, 0.4) is 0 Å². The minimum Gasteiger partial charge on any atom is -0.481 e. The van der Waals surface area contributed by atoms with Crippen molar-refractivity contribution in [2.75, 3.05) is 5.73 Å². The van der Waals surface area contributed by atoms with Gasteiger partial charge in [-0.1, -0.05) is 39.0 Å². The SMILES string of the molecule is CC(C1CCCCC1)C(C(=O)O)c1cc(F)cc(F)c1N. The van der Waals surface area contributed by atoms with Gasteiger partial charge in [0.1, 0.15) is 11.6 Å². The topological polar surface area (TPSA) is 63.3 Å². The molecule has 1 aliphatic carbocycles. The molecule has 0 bridgehead atoms. The van der Waals surface area contributed by atoms with E-state index >= 15 is 0 Å². The van der Waals surface area contributed by atoms with Crippen LogP contribution >= 0.6 is 0 Å². The number of hydrogen-bond donors (Lipinski definition) is 2. The van der Waals surface area contributed by atoms with Crippen LogP contribution < -0.4 is 5.73 Å². The van der Waals surface area contributed by atoms with Crippen LogP contribution in [0.15, 0.2) is 12.1 Å². The van der Waals surface area contributed by atoms with Gasteiger partial charge in [0.05, 0.1) is 11.6 Å². The van der Waals surface area contributed by atoms with Crippen molar-refractivity contribution >= 4 is 11.7 Å². The molecule has 5 heteroatoms. The fraction of sp³-hybridized carbons (Fsp3) is 0.562. The minimum atomic E-state index is -1.08. The molecular formula is C16H21F2NO2. The number of anilines is 1. The Morgan fingerprint density at radius 1 is 1.29 bits per heavy atom. The van der Waals surface area contributed by atoms with Crippen molar-refractivity contribution in [2.24, 2.45) is 11.8 Å². The molecule has 116 valence electrons. The van der Waals surface area contributed by atoms with Gasteiger partial charge in [-0.3, -0.25) is 4.79 Å². The van der Waals surface area contributed by atoms with Crippen LogP contribution in [0.5, 0.6) is 0 Å². The third-order valence-electron chi connectivity index (χ3n) is 4.65. The van der Waals surface area contributed by atoms with Crippen LogP contribution in [0, 0.1) is 23.5 Å². The van der Waals surface area contributed by atoms with Gasteiger partial charge in [-0.05, 0) is 23.5 Å². The largest absolute Gasteiger partial charge is 0.481 e. The molecule has 0 radical (unpaired) electrons. The number of aliphatic carboxylic acids is 1. The van der Waals surface area contributed by atoms with Crippen molar-refractivity contribution < 1.29 is 18.7 Å². The first-order chi connectivity index (χ1) is 9.91. The summed E-state index contributed by atoms with van der Waals surface area (Å²) < 4.78 is 27.1. The predicted octanol–water partition coefficient (Wildman–Crippen LogP) is 3.93.